The van der Waals surface area contributed by atoms with Crippen molar-refractivity contribution in [3.8, 4) is 16.9 Å². The predicted octanol–water partition coefficient (Wildman–Crippen LogP) is 5.07. The molecule has 1 nitrogen and oxygen atoms in total. The minimum atomic E-state index is -0.225. The van der Waals surface area contributed by atoms with Gasteiger partial charge in [0.2, 0.25) is 0 Å². The van der Waals surface area contributed by atoms with Crippen LogP contribution in [0.1, 0.15) is 5.56 Å². The Bertz CT molecular complexity index is 705. The van der Waals surface area contributed by atoms with Crippen LogP contribution in [0.5, 0.6) is 5.75 Å². The van der Waals surface area contributed by atoms with Gasteiger partial charge >= 0.3 is 0 Å². The van der Waals surface area contributed by atoms with E-state index in [4.69, 9.17) is 4.74 Å². The van der Waals surface area contributed by atoms with Gasteiger partial charge in [-0.25, -0.2) is 4.39 Å². The largest absolute Gasteiger partial charge is 0.489 e. The molecule has 0 bridgehead atoms. The van der Waals surface area contributed by atoms with E-state index in [-0.39, 0.29) is 5.82 Å². The van der Waals surface area contributed by atoms with Crippen LogP contribution in [-0.4, -0.2) is 0 Å². The van der Waals surface area contributed by atoms with Crippen LogP contribution in [-0.2, 0) is 6.61 Å². The first kappa shape index (κ1) is 13.4. The molecule has 2 heteroatoms. The van der Waals surface area contributed by atoms with Crippen LogP contribution in [0, 0.1) is 5.82 Å². The SMILES string of the molecule is Fc1cccc(-c2ccc(OCc3ccccc3)cc2)c1. The van der Waals surface area contributed by atoms with Gasteiger partial charge in [0.15, 0.2) is 0 Å². The Morgan fingerprint density at radius 1 is 0.714 bits per heavy atom. The molecule has 0 aliphatic carbocycles. The van der Waals surface area contributed by atoms with Crippen LogP contribution in [0.25, 0.3) is 11.1 Å². The highest BCUT2D eigenvalue weighted by Gasteiger charge is 2.00. The third-order valence-electron chi connectivity index (χ3n) is 3.26. The zero-order chi connectivity index (χ0) is 14.5. The van der Waals surface area contributed by atoms with Gasteiger partial charge in [0.25, 0.3) is 0 Å². The van der Waals surface area contributed by atoms with Gasteiger partial charge in [-0.2, -0.15) is 0 Å². The molecule has 0 N–H and O–H groups in total. The van der Waals surface area contributed by atoms with Gasteiger partial charge in [0.05, 0.1) is 0 Å². The van der Waals surface area contributed by atoms with Gasteiger partial charge in [0, 0.05) is 0 Å². The van der Waals surface area contributed by atoms with E-state index in [2.05, 4.69) is 0 Å². The van der Waals surface area contributed by atoms with E-state index in [1.54, 1.807) is 6.07 Å². The summed E-state index contributed by atoms with van der Waals surface area (Å²) >= 11 is 0. The van der Waals surface area contributed by atoms with Crippen LogP contribution < -0.4 is 4.74 Å². The van der Waals surface area contributed by atoms with E-state index >= 15 is 0 Å². The van der Waals surface area contributed by atoms with Gasteiger partial charge in [-0.15, -0.1) is 0 Å². The second kappa shape index (κ2) is 6.23. The third-order valence-corrected chi connectivity index (χ3v) is 3.26. The molecule has 3 rings (SSSR count). The molecule has 0 amide bonds. The fourth-order valence-corrected chi connectivity index (χ4v) is 2.15. The molecule has 3 aromatic carbocycles. The van der Waals surface area contributed by atoms with E-state index in [0.29, 0.717) is 6.61 Å². The van der Waals surface area contributed by atoms with E-state index in [9.17, 15) is 4.39 Å². The number of hydrogen-bond donors (Lipinski definition) is 0. The Balaban J connectivity index is 1.69. The van der Waals surface area contributed by atoms with Gasteiger partial charge in [-0.1, -0.05) is 54.6 Å². The quantitative estimate of drug-likeness (QED) is 0.647. The van der Waals surface area contributed by atoms with Crippen molar-refractivity contribution in [2.75, 3.05) is 0 Å². The number of ether oxygens (including phenoxy) is 1. The summed E-state index contributed by atoms with van der Waals surface area (Å²) in [6.07, 6.45) is 0. The van der Waals surface area contributed by atoms with Gasteiger partial charge in [-0.05, 0) is 41.0 Å². The van der Waals surface area contributed by atoms with Crippen LogP contribution in [0.3, 0.4) is 0 Å². The minimum absolute atomic E-state index is 0.225. The zero-order valence-corrected chi connectivity index (χ0v) is 11.5. The molecule has 0 spiro atoms. The molecule has 0 aromatic heterocycles. The molecule has 0 unspecified atom stereocenters. The van der Waals surface area contributed by atoms with Crippen LogP contribution in [0.2, 0.25) is 0 Å². The molecule has 0 saturated carbocycles. The summed E-state index contributed by atoms with van der Waals surface area (Å²) in [5.74, 6) is 0.580. The Labute approximate surface area is 123 Å². The highest BCUT2D eigenvalue weighted by atomic mass is 19.1. The van der Waals surface area contributed by atoms with Crippen molar-refractivity contribution in [1.82, 2.24) is 0 Å². The van der Waals surface area contributed by atoms with Crippen molar-refractivity contribution < 1.29 is 9.13 Å². The molecular weight excluding hydrogens is 263 g/mol. The Morgan fingerprint density at radius 2 is 1.48 bits per heavy atom. The Kier molecular flexibility index (Phi) is 3.97. The predicted molar refractivity (Wildman–Crippen MR) is 82.6 cm³/mol. The summed E-state index contributed by atoms with van der Waals surface area (Å²) in [6.45, 7) is 0.542. The Hall–Kier alpha value is -2.61. The summed E-state index contributed by atoms with van der Waals surface area (Å²) in [7, 11) is 0. The summed E-state index contributed by atoms with van der Waals surface area (Å²) < 4.78 is 18.9. The maximum atomic E-state index is 13.2. The van der Waals surface area contributed by atoms with Crippen molar-refractivity contribution >= 4 is 0 Å². The first-order valence-electron chi connectivity index (χ1n) is 6.84. The normalized spacial score (nSPS) is 10.3. The van der Waals surface area contributed by atoms with E-state index in [1.807, 2.05) is 60.7 Å². The molecule has 0 saturated heterocycles. The average molecular weight is 278 g/mol. The molecule has 0 fully saturated rings. The first-order chi connectivity index (χ1) is 10.3. The van der Waals surface area contributed by atoms with Crippen LogP contribution in [0.4, 0.5) is 4.39 Å². The highest BCUT2D eigenvalue weighted by Crippen LogP contribution is 2.23. The number of rotatable bonds is 4. The lowest BCUT2D eigenvalue weighted by molar-refractivity contribution is 0.306. The molecule has 0 atom stereocenters. The summed E-state index contributed by atoms with van der Waals surface area (Å²) in [5, 5.41) is 0. The standard InChI is InChI=1S/C19H15FO/c20-18-8-4-7-17(13-18)16-9-11-19(12-10-16)21-14-15-5-2-1-3-6-15/h1-13H,14H2. The zero-order valence-electron chi connectivity index (χ0n) is 11.5. The maximum absolute atomic E-state index is 13.2. The highest BCUT2D eigenvalue weighted by molar-refractivity contribution is 5.64. The second-order valence-corrected chi connectivity index (χ2v) is 4.81. The topological polar surface area (TPSA) is 9.23 Å². The molecule has 104 valence electrons. The van der Waals surface area contributed by atoms with Crippen molar-refractivity contribution in [1.29, 1.82) is 0 Å². The maximum Gasteiger partial charge on any atom is 0.123 e. The van der Waals surface area contributed by atoms with Gasteiger partial charge in [0.1, 0.15) is 18.2 Å². The second-order valence-electron chi connectivity index (χ2n) is 4.81. The molecule has 0 heterocycles. The molecule has 0 aliphatic rings. The smallest absolute Gasteiger partial charge is 0.123 e. The first-order valence-corrected chi connectivity index (χ1v) is 6.84. The minimum Gasteiger partial charge on any atom is -0.489 e. The van der Waals surface area contributed by atoms with Crippen molar-refractivity contribution in [2.24, 2.45) is 0 Å². The molecular formula is C19H15FO. The van der Waals surface area contributed by atoms with E-state index < -0.39 is 0 Å². The monoisotopic (exact) mass is 278 g/mol. The Morgan fingerprint density at radius 3 is 2.19 bits per heavy atom. The molecule has 21 heavy (non-hydrogen) atoms. The van der Waals surface area contributed by atoms with Crippen LogP contribution >= 0.6 is 0 Å². The fraction of sp³-hybridized carbons (Fsp3) is 0.0526. The number of benzene rings is 3. The van der Waals surface area contributed by atoms with Gasteiger partial charge in [-0.3, -0.25) is 0 Å². The molecule has 3 aromatic rings. The van der Waals surface area contributed by atoms with E-state index in [1.165, 1.54) is 12.1 Å². The lowest BCUT2D eigenvalue weighted by Crippen LogP contribution is -1.94. The van der Waals surface area contributed by atoms with Crippen molar-refractivity contribution in [3.05, 3.63) is 90.2 Å². The van der Waals surface area contributed by atoms with E-state index in [0.717, 1.165) is 22.4 Å². The van der Waals surface area contributed by atoms with Gasteiger partial charge < -0.3 is 4.74 Å². The number of hydrogen-bond acceptors (Lipinski definition) is 1. The fourth-order valence-electron chi connectivity index (χ4n) is 2.15. The summed E-state index contributed by atoms with van der Waals surface area (Å²) in [4.78, 5) is 0. The molecule has 0 aliphatic heterocycles. The van der Waals surface area contributed by atoms with Crippen LogP contribution in [0.15, 0.2) is 78.9 Å². The average Bonchev–Trinajstić information content (AvgIpc) is 2.54. The lowest BCUT2D eigenvalue weighted by Gasteiger charge is -2.07. The lowest BCUT2D eigenvalue weighted by atomic mass is 10.1. The number of halogens is 1. The summed E-state index contributed by atoms with van der Waals surface area (Å²) in [6, 6.07) is 24.3. The summed E-state index contributed by atoms with van der Waals surface area (Å²) in [5.41, 5.74) is 2.97. The van der Waals surface area contributed by atoms with Crippen molar-refractivity contribution in [3.63, 3.8) is 0 Å². The third kappa shape index (κ3) is 3.48. The molecule has 0 radical (unpaired) electrons. The van der Waals surface area contributed by atoms with Crippen molar-refractivity contribution in [2.45, 2.75) is 6.61 Å².